The van der Waals surface area contributed by atoms with Crippen molar-refractivity contribution in [3.05, 3.63) is 28.9 Å². The lowest BCUT2D eigenvalue weighted by molar-refractivity contribution is 0.509. The van der Waals surface area contributed by atoms with E-state index in [9.17, 15) is 4.79 Å². The fourth-order valence-electron chi connectivity index (χ4n) is 2.97. The van der Waals surface area contributed by atoms with E-state index in [2.05, 4.69) is 20.3 Å². The van der Waals surface area contributed by atoms with E-state index in [0.717, 1.165) is 35.0 Å². The second kappa shape index (κ2) is 3.96. The molecule has 6 nitrogen and oxygen atoms in total. The first-order valence-corrected chi connectivity index (χ1v) is 6.61. The molecule has 0 saturated carbocycles. The van der Waals surface area contributed by atoms with Crippen molar-refractivity contribution in [1.29, 1.82) is 0 Å². The molecular formula is C13H15N5O. The van der Waals surface area contributed by atoms with Gasteiger partial charge in [0.25, 0.3) is 0 Å². The number of imidazole rings is 1. The molecular weight excluding hydrogens is 242 g/mol. The number of hydrogen-bond acceptors (Lipinski definition) is 3. The molecule has 1 atom stereocenters. The van der Waals surface area contributed by atoms with Crippen molar-refractivity contribution in [1.82, 2.24) is 24.8 Å². The number of nitrogens with zero attached hydrogens (tertiary/aromatic N) is 2. The van der Waals surface area contributed by atoms with Crippen LogP contribution in [0.3, 0.4) is 0 Å². The Morgan fingerprint density at radius 1 is 1.47 bits per heavy atom. The molecule has 4 heterocycles. The van der Waals surface area contributed by atoms with Crippen LogP contribution in [0.1, 0.15) is 12.8 Å². The molecule has 0 aromatic carbocycles. The number of nitrogens with one attached hydrogen (secondary N) is 3. The average molecular weight is 257 g/mol. The smallest absolute Gasteiger partial charge is 0.326 e. The van der Waals surface area contributed by atoms with E-state index in [4.69, 9.17) is 0 Å². The lowest BCUT2D eigenvalue weighted by atomic mass is 10.2. The Balaban J connectivity index is 1.94. The van der Waals surface area contributed by atoms with Gasteiger partial charge in [0, 0.05) is 24.2 Å². The summed E-state index contributed by atoms with van der Waals surface area (Å²) < 4.78 is 1.83. The standard InChI is InChI=1S/C13H15N5O/c19-13-17-10-6-16-12-9(3-5-15-12)11(10)18(13)7-8-2-1-4-14-8/h3,5-6,8,14H,1-2,4,7H2,(H,15,16)(H,17,19). The van der Waals surface area contributed by atoms with Gasteiger partial charge in [-0.05, 0) is 25.5 Å². The molecule has 1 fully saturated rings. The van der Waals surface area contributed by atoms with Crippen LogP contribution < -0.4 is 11.0 Å². The van der Waals surface area contributed by atoms with Crippen molar-refractivity contribution in [3.63, 3.8) is 0 Å². The maximum absolute atomic E-state index is 12.1. The average Bonchev–Trinajstić information content (AvgIpc) is 3.10. The van der Waals surface area contributed by atoms with Gasteiger partial charge >= 0.3 is 5.69 Å². The molecule has 98 valence electrons. The molecule has 1 unspecified atom stereocenters. The lowest BCUT2D eigenvalue weighted by Crippen LogP contribution is -2.31. The highest BCUT2D eigenvalue weighted by Gasteiger charge is 2.18. The summed E-state index contributed by atoms with van der Waals surface area (Å²) in [6, 6.07) is 2.36. The van der Waals surface area contributed by atoms with Crippen LogP contribution in [0.25, 0.3) is 22.1 Å². The Labute approximate surface area is 108 Å². The molecule has 19 heavy (non-hydrogen) atoms. The van der Waals surface area contributed by atoms with Crippen LogP contribution in [0.4, 0.5) is 0 Å². The van der Waals surface area contributed by atoms with Crippen molar-refractivity contribution >= 4 is 22.1 Å². The number of aromatic nitrogens is 4. The summed E-state index contributed by atoms with van der Waals surface area (Å²) >= 11 is 0. The molecule has 1 aliphatic rings. The van der Waals surface area contributed by atoms with Gasteiger partial charge < -0.3 is 15.3 Å². The third kappa shape index (κ3) is 1.60. The highest BCUT2D eigenvalue weighted by molar-refractivity contribution is 6.00. The van der Waals surface area contributed by atoms with E-state index in [0.29, 0.717) is 12.6 Å². The highest BCUT2D eigenvalue weighted by atomic mass is 16.1. The van der Waals surface area contributed by atoms with Crippen molar-refractivity contribution in [2.75, 3.05) is 6.54 Å². The van der Waals surface area contributed by atoms with Crippen LogP contribution in [-0.4, -0.2) is 32.1 Å². The first-order valence-electron chi connectivity index (χ1n) is 6.61. The van der Waals surface area contributed by atoms with Crippen LogP contribution in [0.15, 0.2) is 23.3 Å². The van der Waals surface area contributed by atoms with Crippen LogP contribution in [0, 0.1) is 0 Å². The second-order valence-corrected chi connectivity index (χ2v) is 5.09. The van der Waals surface area contributed by atoms with Crippen LogP contribution in [-0.2, 0) is 6.54 Å². The summed E-state index contributed by atoms with van der Waals surface area (Å²) in [5.41, 5.74) is 2.51. The van der Waals surface area contributed by atoms with Gasteiger partial charge in [-0.2, -0.15) is 0 Å². The highest BCUT2D eigenvalue weighted by Crippen LogP contribution is 2.21. The molecule has 3 aromatic rings. The normalized spacial score (nSPS) is 19.7. The monoisotopic (exact) mass is 257 g/mol. The van der Waals surface area contributed by atoms with Gasteiger partial charge in [-0.25, -0.2) is 9.78 Å². The fourth-order valence-corrected chi connectivity index (χ4v) is 2.97. The van der Waals surface area contributed by atoms with Gasteiger partial charge in [0.05, 0.1) is 17.2 Å². The molecule has 0 spiro atoms. The molecule has 0 radical (unpaired) electrons. The third-order valence-electron chi connectivity index (χ3n) is 3.88. The van der Waals surface area contributed by atoms with Crippen molar-refractivity contribution in [3.8, 4) is 0 Å². The molecule has 0 bridgehead atoms. The maximum Gasteiger partial charge on any atom is 0.326 e. The van der Waals surface area contributed by atoms with Crippen LogP contribution >= 0.6 is 0 Å². The molecule has 0 amide bonds. The minimum Gasteiger partial charge on any atom is -0.346 e. The number of pyridine rings is 1. The van der Waals surface area contributed by atoms with Crippen molar-refractivity contribution in [2.24, 2.45) is 0 Å². The molecule has 3 N–H and O–H groups in total. The maximum atomic E-state index is 12.1. The number of fused-ring (bicyclic) bond motifs is 3. The molecule has 0 aliphatic carbocycles. The summed E-state index contributed by atoms with van der Waals surface area (Å²) in [5, 5.41) is 4.43. The predicted molar refractivity (Wildman–Crippen MR) is 73.2 cm³/mol. The summed E-state index contributed by atoms with van der Waals surface area (Å²) in [6.07, 6.45) is 5.88. The Morgan fingerprint density at radius 2 is 2.42 bits per heavy atom. The molecule has 4 rings (SSSR count). The Bertz CT molecular complexity index is 790. The van der Waals surface area contributed by atoms with Gasteiger partial charge in [-0.15, -0.1) is 0 Å². The first kappa shape index (κ1) is 10.8. The largest absolute Gasteiger partial charge is 0.346 e. The predicted octanol–water partition coefficient (Wildman–Crippen LogP) is 0.958. The lowest BCUT2D eigenvalue weighted by Gasteiger charge is -2.11. The quantitative estimate of drug-likeness (QED) is 0.639. The number of hydrogen-bond donors (Lipinski definition) is 3. The van der Waals surface area contributed by atoms with E-state index in [1.54, 1.807) is 6.20 Å². The van der Waals surface area contributed by atoms with E-state index in [-0.39, 0.29) is 5.69 Å². The zero-order valence-electron chi connectivity index (χ0n) is 10.4. The van der Waals surface area contributed by atoms with Crippen LogP contribution in [0.5, 0.6) is 0 Å². The SMILES string of the molecule is O=c1[nH]c2cnc3[nH]ccc3c2n1CC1CCCN1. The van der Waals surface area contributed by atoms with Gasteiger partial charge in [0.1, 0.15) is 5.65 Å². The molecule has 1 aliphatic heterocycles. The minimum absolute atomic E-state index is 0.0563. The van der Waals surface area contributed by atoms with Gasteiger partial charge in [-0.3, -0.25) is 4.57 Å². The van der Waals surface area contributed by atoms with E-state index in [1.165, 1.54) is 6.42 Å². The van der Waals surface area contributed by atoms with Gasteiger partial charge in [-0.1, -0.05) is 0 Å². The van der Waals surface area contributed by atoms with Gasteiger partial charge in [0.2, 0.25) is 0 Å². The van der Waals surface area contributed by atoms with E-state index in [1.807, 2.05) is 16.8 Å². The number of aromatic amines is 2. The summed E-state index contributed by atoms with van der Waals surface area (Å²) in [6.45, 7) is 1.76. The van der Waals surface area contributed by atoms with Gasteiger partial charge in [0.15, 0.2) is 0 Å². The Morgan fingerprint density at radius 3 is 3.26 bits per heavy atom. The first-order chi connectivity index (χ1) is 9.33. The number of rotatable bonds is 2. The van der Waals surface area contributed by atoms with E-state index >= 15 is 0 Å². The van der Waals surface area contributed by atoms with E-state index < -0.39 is 0 Å². The molecule has 3 aromatic heterocycles. The Kier molecular flexibility index (Phi) is 2.25. The minimum atomic E-state index is -0.0563. The van der Waals surface area contributed by atoms with Crippen LogP contribution in [0.2, 0.25) is 0 Å². The van der Waals surface area contributed by atoms with Crippen molar-refractivity contribution in [2.45, 2.75) is 25.4 Å². The second-order valence-electron chi connectivity index (χ2n) is 5.09. The zero-order valence-corrected chi connectivity index (χ0v) is 10.4. The Hall–Kier alpha value is -2.08. The number of H-pyrrole nitrogens is 2. The third-order valence-corrected chi connectivity index (χ3v) is 3.88. The summed E-state index contributed by atoms with van der Waals surface area (Å²) in [4.78, 5) is 22.4. The zero-order chi connectivity index (χ0) is 12.8. The molecule has 1 saturated heterocycles. The summed E-state index contributed by atoms with van der Waals surface area (Å²) in [7, 11) is 0. The molecule has 6 heteroatoms. The van der Waals surface area contributed by atoms with Crippen molar-refractivity contribution < 1.29 is 0 Å². The summed E-state index contributed by atoms with van der Waals surface area (Å²) in [5.74, 6) is 0. The fraction of sp³-hybridized carbons (Fsp3) is 0.385. The topological polar surface area (TPSA) is 78.5 Å².